The highest BCUT2D eigenvalue weighted by Crippen LogP contribution is 2.24. The van der Waals surface area contributed by atoms with Gasteiger partial charge in [0.1, 0.15) is 5.56 Å². The monoisotopic (exact) mass is 526 g/mol. The number of hydrogen-bond acceptors (Lipinski definition) is 4. The molecule has 6 heteroatoms. The van der Waals surface area contributed by atoms with Crippen LogP contribution >= 0.6 is 0 Å². The average molecular weight is 527 g/mol. The average Bonchev–Trinajstić information content (AvgIpc) is 3.38. The van der Waals surface area contributed by atoms with Crippen molar-refractivity contribution in [2.24, 2.45) is 11.8 Å². The molecule has 0 aliphatic heterocycles. The molecule has 1 aliphatic carbocycles. The Morgan fingerprint density at radius 1 is 1.10 bits per heavy atom. The van der Waals surface area contributed by atoms with Crippen LogP contribution in [0.4, 0.5) is 5.69 Å². The minimum absolute atomic E-state index is 0.114. The van der Waals surface area contributed by atoms with Crippen molar-refractivity contribution in [1.82, 2.24) is 15.2 Å². The fraction of sp³-hybridized carbons (Fsp3) is 0.394. The van der Waals surface area contributed by atoms with Crippen molar-refractivity contribution in [3.8, 4) is 5.69 Å². The van der Waals surface area contributed by atoms with Gasteiger partial charge >= 0.3 is 0 Å². The van der Waals surface area contributed by atoms with E-state index >= 15 is 0 Å². The Kier molecular flexibility index (Phi) is 8.95. The zero-order chi connectivity index (χ0) is 28.1. The Morgan fingerprint density at radius 2 is 1.87 bits per heavy atom. The number of amides is 1. The second-order valence-electron chi connectivity index (χ2n) is 11.2. The van der Waals surface area contributed by atoms with E-state index in [1.807, 2.05) is 30.5 Å². The first-order chi connectivity index (χ1) is 18.7. The molecule has 6 nitrogen and oxygen atoms in total. The Bertz CT molecular complexity index is 1510. The first-order valence-electron chi connectivity index (χ1n) is 14.1. The van der Waals surface area contributed by atoms with E-state index in [1.165, 1.54) is 16.7 Å². The van der Waals surface area contributed by atoms with Gasteiger partial charge in [0, 0.05) is 30.3 Å². The second-order valence-corrected chi connectivity index (χ2v) is 11.2. The van der Waals surface area contributed by atoms with Crippen molar-refractivity contribution >= 4 is 24.4 Å². The van der Waals surface area contributed by atoms with Gasteiger partial charge in [-0.3, -0.25) is 9.59 Å². The number of nitrogens with one attached hydrogen (secondary N) is 3. The SMILES string of the molecule is C=c1/c(=C\NC(Nc2cccc(C)c2)C(C)CC)c(=O)c(C(=O)NCC(C)C)cn1-c1ccc2c(c1)CCC2. The van der Waals surface area contributed by atoms with Crippen molar-refractivity contribution in [2.75, 3.05) is 11.9 Å². The van der Waals surface area contributed by atoms with Gasteiger partial charge < -0.3 is 20.5 Å². The standard InChI is InChI=1S/C33H42N4O2/c1-7-23(5)32(36-27-13-8-10-22(4)16-27)34-19-29-24(6)37(28-15-14-25-11-9-12-26(25)17-28)20-30(31(29)38)33(39)35-18-21(2)3/h8,10,13-17,19-21,23,32,34,36H,6-7,9,11-12,18H2,1-5H3,(H,35,39)/b29-19+. The van der Waals surface area contributed by atoms with Crippen LogP contribution in [-0.4, -0.2) is 23.2 Å². The first-order valence-corrected chi connectivity index (χ1v) is 14.1. The van der Waals surface area contributed by atoms with Gasteiger partial charge in [-0.25, -0.2) is 0 Å². The number of carbonyl (C=O) groups is 1. The fourth-order valence-corrected chi connectivity index (χ4v) is 4.98. The van der Waals surface area contributed by atoms with Crippen molar-refractivity contribution in [2.45, 2.75) is 66.5 Å². The summed E-state index contributed by atoms with van der Waals surface area (Å²) in [5.41, 5.74) is 5.56. The van der Waals surface area contributed by atoms with Crippen LogP contribution in [0.1, 0.15) is 67.6 Å². The zero-order valence-electron chi connectivity index (χ0n) is 23.9. The molecule has 2 aromatic carbocycles. The molecule has 3 N–H and O–H groups in total. The lowest BCUT2D eigenvalue weighted by molar-refractivity contribution is 0.0947. The molecule has 0 spiro atoms. The highest BCUT2D eigenvalue weighted by Gasteiger charge is 2.18. The lowest BCUT2D eigenvalue weighted by Gasteiger charge is -2.26. The van der Waals surface area contributed by atoms with E-state index in [2.05, 4.69) is 73.6 Å². The van der Waals surface area contributed by atoms with E-state index in [4.69, 9.17) is 0 Å². The van der Waals surface area contributed by atoms with E-state index < -0.39 is 0 Å². The maximum atomic E-state index is 13.7. The van der Waals surface area contributed by atoms with E-state index in [0.29, 0.717) is 17.1 Å². The van der Waals surface area contributed by atoms with E-state index in [9.17, 15) is 9.59 Å². The number of carbonyl (C=O) groups excluding carboxylic acids is 1. The predicted octanol–water partition coefficient (Wildman–Crippen LogP) is 4.24. The number of anilines is 1. The van der Waals surface area contributed by atoms with Crippen LogP contribution in [0.15, 0.2) is 53.5 Å². The number of nitrogens with zero attached hydrogens (tertiary/aromatic N) is 1. The van der Waals surface area contributed by atoms with Gasteiger partial charge in [-0.05, 0) is 85.4 Å². The van der Waals surface area contributed by atoms with Crippen LogP contribution in [0.25, 0.3) is 18.5 Å². The highest BCUT2D eigenvalue weighted by molar-refractivity contribution is 5.93. The molecule has 0 saturated carbocycles. The third-order valence-corrected chi connectivity index (χ3v) is 7.59. The van der Waals surface area contributed by atoms with Gasteiger partial charge in [0.25, 0.3) is 5.91 Å². The molecule has 1 aliphatic rings. The molecule has 2 unspecified atom stereocenters. The Hall–Kier alpha value is -3.80. The van der Waals surface area contributed by atoms with Crippen molar-refractivity contribution < 1.29 is 4.79 Å². The summed E-state index contributed by atoms with van der Waals surface area (Å²) >= 11 is 0. The lowest BCUT2D eigenvalue weighted by Crippen LogP contribution is -2.50. The highest BCUT2D eigenvalue weighted by atomic mass is 16.2. The smallest absolute Gasteiger partial charge is 0.256 e. The number of aryl methyl sites for hydroxylation is 3. The lowest BCUT2D eigenvalue weighted by atomic mass is 10.0. The molecule has 0 saturated heterocycles. The number of pyridine rings is 1. The molecule has 0 fully saturated rings. The number of aromatic nitrogens is 1. The van der Waals surface area contributed by atoms with Crippen molar-refractivity contribution in [1.29, 1.82) is 0 Å². The largest absolute Gasteiger partial charge is 0.370 e. The molecule has 1 heterocycles. The fourth-order valence-electron chi connectivity index (χ4n) is 4.98. The van der Waals surface area contributed by atoms with Crippen LogP contribution in [-0.2, 0) is 12.8 Å². The van der Waals surface area contributed by atoms with Crippen molar-refractivity contribution in [3.05, 3.63) is 91.7 Å². The van der Waals surface area contributed by atoms with E-state index in [1.54, 1.807) is 12.4 Å². The second kappa shape index (κ2) is 12.4. The molecule has 3 aromatic rings. The van der Waals surface area contributed by atoms with Gasteiger partial charge in [0.15, 0.2) is 0 Å². The number of rotatable bonds is 10. The maximum Gasteiger partial charge on any atom is 0.256 e. The molecule has 39 heavy (non-hydrogen) atoms. The summed E-state index contributed by atoms with van der Waals surface area (Å²) < 4.78 is 1.88. The van der Waals surface area contributed by atoms with Crippen LogP contribution in [0, 0.1) is 18.8 Å². The quantitative estimate of drug-likeness (QED) is 0.346. The van der Waals surface area contributed by atoms with E-state index in [0.717, 1.165) is 37.1 Å². The Labute approximate surface area is 231 Å². The Morgan fingerprint density at radius 3 is 2.59 bits per heavy atom. The van der Waals surface area contributed by atoms with Crippen LogP contribution in [0.5, 0.6) is 0 Å². The minimum Gasteiger partial charge on any atom is -0.370 e. The van der Waals surface area contributed by atoms with Crippen molar-refractivity contribution in [3.63, 3.8) is 0 Å². The van der Waals surface area contributed by atoms with Gasteiger partial charge in [-0.2, -0.15) is 0 Å². The number of fused-ring (bicyclic) bond motifs is 1. The third kappa shape index (κ3) is 6.62. The zero-order valence-corrected chi connectivity index (χ0v) is 23.9. The molecule has 4 rings (SSSR count). The van der Waals surface area contributed by atoms with Gasteiger partial charge in [-0.1, -0.05) is 52.5 Å². The normalized spacial score (nSPS) is 14.7. The number of benzene rings is 2. The molecule has 1 aromatic heterocycles. The Balaban J connectivity index is 1.80. The summed E-state index contributed by atoms with van der Waals surface area (Å²) in [6.07, 6.45) is 7.48. The van der Waals surface area contributed by atoms with Gasteiger partial charge in [0.2, 0.25) is 5.43 Å². The molecule has 2 atom stereocenters. The molecule has 0 radical (unpaired) electrons. The van der Waals surface area contributed by atoms with Crippen LogP contribution in [0.3, 0.4) is 0 Å². The van der Waals surface area contributed by atoms with Gasteiger partial charge in [-0.15, -0.1) is 0 Å². The van der Waals surface area contributed by atoms with Gasteiger partial charge in [0.05, 0.1) is 16.7 Å². The predicted molar refractivity (Wildman–Crippen MR) is 162 cm³/mol. The third-order valence-electron chi connectivity index (χ3n) is 7.59. The number of hydrogen-bond donors (Lipinski definition) is 3. The summed E-state index contributed by atoms with van der Waals surface area (Å²) in [7, 11) is 0. The van der Waals surface area contributed by atoms with Crippen LogP contribution < -0.4 is 31.9 Å². The summed E-state index contributed by atoms with van der Waals surface area (Å²) in [6.45, 7) is 15.2. The summed E-state index contributed by atoms with van der Waals surface area (Å²) in [5, 5.41) is 10.9. The molecule has 206 valence electrons. The maximum absolute atomic E-state index is 13.7. The van der Waals surface area contributed by atoms with E-state index in [-0.39, 0.29) is 34.9 Å². The molecule has 1 amide bonds. The minimum atomic E-state index is -0.366. The molecule has 0 bridgehead atoms. The summed E-state index contributed by atoms with van der Waals surface area (Å²) in [6, 6.07) is 14.6. The topological polar surface area (TPSA) is 75.2 Å². The first kappa shape index (κ1) is 28.2. The molecular weight excluding hydrogens is 484 g/mol. The summed E-state index contributed by atoms with van der Waals surface area (Å²) in [4.78, 5) is 26.9. The van der Waals surface area contributed by atoms with Crippen LogP contribution in [0.2, 0.25) is 0 Å². The molecular formula is C33H42N4O2. The summed E-state index contributed by atoms with van der Waals surface area (Å²) in [5.74, 6) is 0.179.